The Hall–Kier alpha value is -4.85. The van der Waals surface area contributed by atoms with Crippen LogP contribution in [0.4, 0.5) is 16.3 Å². The number of ether oxygens (including phenoxy) is 2. The van der Waals surface area contributed by atoms with Crippen LogP contribution >= 0.6 is 11.3 Å². The number of anilines is 2. The van der Waals surface area contributed by atoms with E-state index in [-0.39, 0.29) is 35.7 Å². The number of amides is 3. The number of nitrogens with one attached hydrogen (secondary N) is 3. The monoisotopic (exact) mass is 673 g/mol. The molecule has 4 aromatic rings. The highest BCUT2D eigenvalue weighted by molar-refractivity contribution is 7.19. The Balaban J connectivity index is 1.10. The Kier molecular flexibility index (Phi) is 9.45. The zero-order valence-corrected chi connectivity index (χ0v) is 28.2. The second-order valence-corrected chi connectivity index (χ2v) is 14.4. The maximum Gasteiger partial charge on any atom is 0.413 e. The molecular formula is C34H39N7O6S. The first-order chi connectivity index (χ1) is 22.9. The lowest BCUT2D eigenvalue weighted by Gasteiger charge is -2.22. The van der Waals surface area contributed by atoms with Crippen LogP contribution in [0, 0.1) is 0 Å². The zero-order valence-electron chi connectivity index (χ0n) is 27.4. The quantitative estimate of drug-likeness (QED) is 0.206. The minimum absolute atomic E-state index is 0.0222. The Bertz CT molecular complexity index is 1890. The largest absolute Gasteiger partial charge is 0.474 e. The SMILES string of the molecule is C[C@@H]1C[C@@H](C(=O)NCc2cc3cnc(NC(=O)OC(C)(C)C)cc3s2)n2c1ncc(NC(=O)c1ccc(OC3CCCCC3)nc1)c2=O. The summed E-state index contributed by atoms with van der Waals surface area (Å²) in [4.78, 5) is 66.1. The molecular weight excluding hydrogens is 634 g/mol. The minimum Gasteiger partial charge on any atom is -0.474 e. The summed E-state index contributed by atoms with van der Waals surface area (Å²) in [6.07, 6.45) is 9.85. The van der Waals surface area contributed by atoms with Crippen molar-refractivity contribution < 1.29 is 23.9 Å². The fourth-order valence-electron chi connectivity index (χ4n) is 5.98. The van der Waals surface area contributed by atoms with Crippen LogP contribution in [0.1, 0.15) is 99.2 Å². The number of thiophene rings is 1. The van der Waals surface area contributed by atoms with E-state index in [4.69, 9.17) is 9.47 Å². The summed E-state index contributed by atoms with van der Waals surface area (Å²) in [6, 6.07) is 6.15. The lowest BCUT2D eigenvalue weighted by Crippen LogP contribution is -2.36. The molecule has 4 aromatic heterocycles. The number of hydrogen-bond donors (Lipinski definition) is 3. The van der Waals surface area contributed by atoms with E-state index in [0.29, 0.717) is 23.9 Å². The molecule has 2 atom stereocenters. The summed E-state index contributed by atoms with van der Waals surface area (Å²) >= 11 is 1.45. The van der Waals surface area contributed by atoms with E-state index in [9.17, 15) is 19.2 Å². The van der Waals surface area contributed by atoms with Crippen LogP contribution in [-0.2, 0) is 16.1 Å². The molecule has 0 saturated heterocycles. The van der Waals surface area contributed by atoms with Gasteiger partial charge in [0.2, 0.25) is 11.8 Å². The molecule has 252 valence electrons. The first-order valence-corrected chi connectivity index (χ1v) is 17.0. The van der Waals surface area contributed by atoms with Gasteiger partial charge in [0.15, 0.2) is 0 Å². The van der Waals surface area contributed by atoms with Gasteiger partial charge in [-0.15, -0.1) is 11.3 Å². The van der Waals surface area contributed by atoms with Crippen molar-refractivity contribution >= 4 is 50.8 Å². The topological polar surface area (TPSA) is 166 Å². The molecule has 1 saturated carbocycles. The first kappa shape index (κ1) is 33.1. The van der Waals surface area contributed by atoms with E-state index < -0.39 is 29.2 Å². The fraction of sp³-hybridized carbons (Fsp3) is 0.441. The van der Waals surface area contributed by atoms with Gasteiger partial charge in [-0.25, -0.2) is 19.7 Å². The number of carbonyl (C=O) groups is 3. The van der Waals surface area contributed by atoms with Gasteiger partial charge in [-0.2, -0.15) is 0 Å². The van der Waals surface area contributed by atoms with Gasteiger partial charge in [-0.3, -0.25) is 24.3 Å². The third kappa shape index (κ3) is 7.64. The Morgan fingerprint density at radius 2 is 1.79 bits per heavy atom. The molecule has 6 rings (SSSR count). The highest BCUT2D eigenvalue weighted by atomic mass is 32.1. The van der Waals surface area contributed by atoms with Crippen molar-refractivity contribution in [1.29, 1.82) is 0 Å². The molecule has 1 aliphatic heterocycles. The standard InChI is InChI=1S/C34H39N7O6S/c1-19-12-25(31(43)38-17-23-13-21-16-35-27(14-26(21)48-23)40-33(45)47-34(2,3)4)41-29(19)37-18-24(32(41)44)39-30(42)20-10-11-28(36-15-20)46-22-8-6-5-7-9-22/h10-11,13-16,18-19,22,25H,5-9,12,17H2,1-4H3,(H,38,43)(H,39,42)(H,35,40,45)/t19-,25+/m1/s1. The van der Waals surface area contributed by atoms with Gasteiger partial charge in [0, 0.05) is 39.3 Å². The first-order valence-electron chi connectivity index (χ1n) is 16.1. The molecule has 3 amide bonds. The van der Waals surface area contributed by atoms with E-state index in [2.05, 4.69) is 30.9 Å². The summed E-state index contributed by atoms with van der Waals surface area (Å²) in [7, 11) is 0. The molecule has 0 unspecified atom stereocenters. The number of rotatable bonds is 8. The van der Waals surface area contributed by atoms with Crippen LogP contribution in [0.25, 0.3) is 10.1 Å². The normalized spacial score (nSPS) is 17.8. The van der Waals surface area contributed by atoms with Gasteiger partial charge < -0.3 is 20.1 Å². The van der Waals surface area contributed by atoms with Crippen molar-refractivity contribution in [2.45, 2.75) is 96.4 Å². The predicted molar refractivity (Wildman–Crippen MR) is 182 cm³/mol. The molecule has 1 aliphatic carbocycles. The molecule has 13 nitrogen and oxygen atoms in total. The van der Waals surface area contributed by atoms with E-state index >= 15 is 0 Å². The lowest BCUT2D eigenvalue weighted by atomic mass is 9.98. The molecule has 1 fully saturated rings. The molecule has 3 N–H and O–H groups in total. The van der Waals surface area contributed by atoms with Crippen molar-refractivity contribution in [2.75, 3.05) is 10.6 Å². The summed E-state index contributed by atoms with van der Waals surface area (Å²) in [5.74, 6) is 0.341. The maximum absolute atomic E-state index is 13.6. The number of aromatic nitrogens is 4. The van der Waals surface area contributed by atoms with Crippen LogP contribution in [0.2, 0.25) is 0 Å². The van der Waals surface area contributed by atoms with E-state index in [1.165, 1.54) is 34.7 Å². The van der Waals surface area contributed by atoms with Gasteiger partial charge in [0.05, 0.1) is 18.3 Å². The number of fused-ring (bicyclic) bond motifs is 2. The van der Waals surface area contributed by atoms with Gasteiger partial charge in [0.1, 0.15) is 35.1 Å². The Morgan fingerprint density at radius 3 is 2.52 bits per heavy atom. The van der Waals surface area contributed by atoms with Crippen LogP contribution < -0.4 is 26.2 Å². The molecule has 5 heterocycles. The summed E-state index contributed by atoms with van der Waals surface area (Å²) < 4.78 is 13.5. The molecule has 0 aromatic carbocycles. The minimum atomic E-state index is -0.787. The fourth-order valence-corrected chi connectivity index (χ4v) is 6.99. The smallest absolute Gasteiger partial charge is 0.413 e. The average molecular weight is 674 g/mol. The lowest BCUT2D eigenvalue weighted by molar-refractivity contribution is -0.124. The summed E-state index contributed by atoms with van der Waals surface area (Å²) in [6.45, 7) is 7.49. The van der Waals surface area contributed by atoms with Gasteiger partial charge in [0.25, 0.3) is 11.5 Å². The second-order valence-electron chi connectivity index (χ2n) is 13.2. The van der Waals surface area contributed by atoms with E-state index in [1.807, 2.05) is 13.0 Å². The van der Waals surface area contributed by atoms with Crippen LogP contribution in [0.15, 0.2) is 47.7 Å². The summed E-state index contributed by atoms with van der Waals surface area (Å²) in [5, 5.41) is 9.10. The second kappa shape index (κ2) is 13.7. The van der Waals surface area contributed by atoms with Crippen LogP contribution in [0.5, 0.6) is 5.88 Å². The predicted octanol–water partition coefficient (Wildman–Crippen LogP) is 5.92. The number of nitrogens with zero attached hydrogens (tertiary/aromatic N) is 4. The molecule has 2 aliphatic rings. The van der Waals surface area contributed by atoms with Gasteiger partial charge in [-0.1, -0.05) is 13.3 Å². The van der Waals surface area contributed by atoms with Crippen molar-refractivity contribution in [2.24, 2.45) is 0 Å². The molecule has 48 heavy (non-hydrogen) atoms. The van der Waals surface area contributed by atoms with Gasteiger partial charge >= 0.3 is 6.09 Å². The maximum atomic E-state index is 13.6. The number of pyridine rings is 2. The molecule has 0 bridgehead atoms. The molecule has 0 radical (unpaired) electrons. The van der Waals surface area contributed by atoms with Gasteiger partial charge in [-0.05, 0) is 71.1 Å². The number of carbonyl (C=O) groups excluding carboxylic acids is 3. The number of hydrogen-bond acceptors (Lipinski definition) is 10. The summed E-state index contributed by atoms with van der Waals surface area (Å²) in [5.41, 5.74) is -0.887. The molecule has 14 heteroatoms. The molecule has 0 spiro atoms. The third-order valence-corrected chi connectivity index (χ3v) is 9.36. The highest BCUT2D eigenvalue weighted by Crippen LogP contribution is 2.34. The average Bonchev–Trinajstić information content (AvgIpc) is 3.61. The van der Waals surface area contributed by atoms with Crippen molar-refractivity contribution in [3.63, 3.8) is 0 Å². The highest BCUT2D eigenvalue weighted by Gasteiger charge is 2.36. The van der Waals surface area contributed by atoms with Crippen molar-refractivity contribution in [3.8, 4) is 5.88 Å². The Labute approximate surface area is 281 Å². The third-order valence-electron chi connectivity index (χ3n) is 8.26. The van der Waals surface area contributed by atoms with E-state index in [0.717, 1.165) is 40.6 Å². The Morgan fingerprint density at radius 1 is 1.00 bits per heavy atom. The van der Waals surface area contributed by atoms with Crippen LogP contribution in [-0.4, -0.2) is 49.1 Å². The van der Waals surface area contributed by atoms with Crippen molar-refractivity contribution in [1.82, 2.24) is 24.8 Å². The van der Waals surface area contributed by atoms with E-state index in [1.54, 1.807) is 45.2 Å². The zero-order chi connectivity index (χ0) is 34.0. The van der Waals surface area contributed by atoms with Crippen molar-refractivity contribution in [3.05, 3.63) is 69.5 Å². The van der Waals surface area contributed by atoms with Crippen LogP contribution in [0.3, 0.4) is 0 Å².